The van der Waals surface area contributed by atoms with Crippen molar-refractivity contribution in [3.8, 4) is 17.0 Å². The first-order valence-electron chi connectivity index (χ1n) is 11.2. The first-order chi connectivity index (χ1) is 16.6. The molecule has 5 rings (SSSR count). The van der Waals surface area contributed by atoms with Gasteiger partial charge >= 0.3 is 0 Å². The number of nitrogens with zero attached hydrogens (tertiary/aromatic N) is 3. The molecule has 0 aliphatic carbocycles. The summed E-state index contributed by atoms with van der Waals surface area (Å²) >= 11 is 0. The van der Waals surface area contributed by atoms with E-state index in [1.807, 2.05) is 30.3 Å². The molecule has 3 heterocycles. The largest absolute Gasteiger partial charge is 0.497 e. The minimum Gasteiger partial charge on any atom is -0.497 e. The molecule has 34 heavy (non-hydrogen) atoms. The molecule has 4 aromatic rings. The third kappa shape index (κ3) is 4.71. The number of piperidine rings is 1. The summed E-state index contributed by atoms with van der Waals surface area (Å²) in [5.41, 5.74) is 2.25. The number of oxazole rings is 1. The van der Waals surface area contributed by atoms with E-state index in [1.54, 1.807) is 30.3 Å². The second-order valence-corrected chi connectivity index (χ2v) is 8.37. The molecular weight excluding hydrogens is 437 g/mol. The molecule has 2 aromatic heterocycles. The Bertz CT molecular complexity index is 1280. The lowest BCUT2D eigenvalue weighted by Gasteiger charge is -2.30. The smallest absolute Gasteiger partial charge is 0.292 e. The maximum atomic E-state index is 13.5. The monoisotopic (exact) mass is 461 g/mol. The lowest BCUT2D eigenvalue weighted by atomic mass is 9.97. The number of methoxy groups -OCH3 is 1. The van der Waals surface area contributed by atoms with Crippen LogP contribution in [0.15, 0.2) is 69.7 Å². The molecule has 7 nitrogen and oxygen atoms in total. The van der Waals surface area contributed by atoms with Crippen LogP contribution in [-0.2, 0) is 6.42 Å². The minimum absolute atomic E-state index is 0.0112. The van der Waals surface area contributed by atoms with E-state index in [2.05, 4.69) is 10.1 Å². The highest BCUT2D eigenvalue weighted by Crippen LogP contribution is 2.29. The summed E-state index contributed by atoms with van der Waals surface area (Å²) in [6.45, 7) is 1.11. The van der Waals surface area contributed by atoms with Gasteiger partial charge < -0.3 is 18.6 Å². The third-order valence-corrected chi connectivity index (χ3v) is 6.00. The average molecular weight is 461 g/mol. The third-order valence-electron chi connectivity index (χ3n) is 6.00. The molecule has 0 radical (unpaired) electrons. The van der Waals surface area contributed by atoms with Crippen molar-refractivity contribution >= 4 is 5.91 Å². The number of carbonyl (C=O) groups is 1. The fraction of sp³-hybridized carbons (Fsp3) is 0.269. The van der Waals surface area contributed by atoms with E-state index in [4.69, 9.17) is 13.7 Å². The number of hydrogen-bond donors (Lipinski definition) is 0. The number of benzene rings is 2. The lowest BCUT2D eigenvalue weighted by Crippen LogP contribution is -2.39. The van der Waals surface area contributed by atoms with Gasteiger partial charge in [0.2, 0.25) is 5.76 Å². The van der Waals surface area contributed by atoms with E-state index in [1.165, 1.54) is 12.1 Å². The van der Waals surface area contributed by atoms with Gasteiger partial charge in [0.25, 0.3) is 5.91 Å². The molecule has 0 unspecified atom stereocenters. The van der Waals surface area contributed by atoms with Crippen LogP contribution in [0, 0.1) is 5.82 Å². The molecule has 0 N–H and O–H groups in total. The van der Waals surface area contributed by atoms with E-state index in [9.17, 15) is 9.18 Å². The molecule has 1 saturated heterocycles. The summed E-state index contributed by atoms with van der Waals surface area (Å²) in [5.74, 6) is 1.72. The predicted octanol–water partition coefficient (Wildman–Crippen LogP) is 5.09. The molecule has 174 valence electrons. The second-order valence-electron chi connectivity index (χ2n) is 8.37. The molecule has 0 saturated carbocycles. The van der Waals surface area contributed by atoms with Crippen LogP contribution in [0.4, 0.5) is 4.39 Å². The summed E-state index contributed by atoms with van der Waals surface area (Å²) < 4.78 is 30.0. The van der Waals surface area contributed by atoms with Gasteiger partial charge in [-0.2, -0.15) is 0 Å². The minimum atomic E-state index is -0.277. The number of hydrogen-bond acceptors (Lipinski definition) is 6. The van der Waals surface area contributed by atoms with Crippen molar-refractivity contribution in [3.63, 3.8) is 0 Å². The zero-order valence-electron chi connectivity index (χ0n) is 18.7. The van der Waals surface area contributed by atoms with Gasteiger partial charge in [-0.1, -0.05) is 17.3 Å². The van der Waals surface area contributed by atoms with Crippen LogP contribution in [-0.4, -0.2) is 41.1 Å². The number of likely N-dealkylation sites (tertiary alicyclic amines) is 1. The quantitative estimate of drug-likeness (QED) is 0.398. The zero-order valence-corrected chi connectivity index (χ0v) is 18.7. The predicted molar refractivity (Wildman–Crippen MR) is 122 cm³/mol. The standard InChI is InChI=1S/C26H24FN3O4/c1-32-21-9-7-18(8-10-21)23-14-24(34-29-23)26(31)30-11-3-5-19(16-30)25-28-15-22(33-25)13-17-4-2-6-20(27)12-17/h2,4,6-10,12,14-15,19H,3,5,11,13,16H2,1H3/t19-/m1/s1. The highest BCUT2D eigenvalue weighted by molar-refractivity contribution is 5.92. The van der Waals surface area contributed by atoms with Crippen LogP contribution in [0.25, 0.3) is 11.3 Å². The topological polar surface area (TPSA) is 81.6 Å². The highest BCUT2D eigenvalue weighted by atomic mass is 19.1. The van der Waals surface area contributed by atoms with Crippen molar-refractivity contribution < 1.29 is 22.9 Å². The molecule has 1 atom stereocenters. The van der Waals surface area contributed by atoms with Crippen LogP contribution in [0.5, 0.6) is 5.75 Å². The van der Waals surface area contributed by atoms with Crippen LogP contribution in [0.3, 0.4) is 0 Å². The van der Waals surface area contributed by atoms with Crippen LogP contribution >= 0.6 is 0 Å². The Kier molecular flexibility index (Phi) is 6.12. The normalized spacial score (nSPS) is 15.9. The molecule has 0 spiro atoms. The Morgan fingerprint density at radius 2 is 2.06 bits per heavy atom. The van der Waals surface area contributed by atoms with Crippen LogP contribution in [0.1, 0.15) is 46.5 Å². The second kappa shape index (κ2) is 9.51. The molecule has 1 aliphatic rings. The fourth-order valence-corrected chi connectivity index (χ4v) is 4.23. The molecule has 2 aromatic carbocycles. The zero-order chi connectivity index (χ0) is 23.5. The highest BCUT2D eigenvalue weighted by Gasteiger charge is 2.30. The van der Waals surface area contributed by atoms with Crippen molar-refractivity contribution in [1.29, 1.82) is 0 Å². The molecule has 1 amide bonds. The molecule has 8 heteroatoms. The van der Waals surface area contributed by atoms with Crippen molar-refractivity contribution in [2.24, 2.45) is 0 Å². The Balaban J connectivity index is 1.25. The van der Waals surface area contributed by atoms with Gasteiger partial charge in [0, 0.05) is 31.1 Å². The number of halogens is 1. The molecule has 1 aliphatic heterocycles. The van der Waals surface area contributed by atoms with E-state index in [0.29, 0.717) is 36.9 Å². The van der Waals surface area contributed by atoms with Crippen molar-refractivity contribution in [3.05, 3.63) is 89.6 Å². The SMILES string of the molecule is COc1ccc(-c2cc(C(=O)N3CCC[C@@H](c4ncc(Cc5cccc(F)c5)o4)C3)on2)cc1. The summed E-state index contributed by atoms with van der Waals surface area (Å²) in [6.07, 6.45) is 3.85. The van der Waals surface area contributed by atoms with E-state index >= 15 is 0 Å². The number of ether oxygens (including phenoxy) is 1. The maximum Gasteiger partial charge on any atom is 0.292 e. The van der Waals surface area contributed by atoms with E-state index in [-0.39, 0.29) is 23.4 Å². The van der Waals surface area contributed by atoms with Gasteiger partial charge in [0.15, 0.2) is 5.89 Å². The van der Waals surface area contributed by atoms with Gasteiger partial charge in [-0.05, 0) is 54.8 Å². The van der Waals surface area contributed by atoms with Gasteiger partial charge in [0.05, 0.1) is 19.2 Å². The lowest BCUT2D eigenvalue weighted by molar-refractivity contribution is 0.0656. The molecule has 1 fully saturated rings. The first-order valence-corrected chi connectivity index (χ1v) is 11.2. The van der Waals surface area contributed by atoms with Crippen LogP contribution in [0.2, 0.25) is 0 Å². The Hall–Kier alpha value is -3.94. The van der Waals surface area contributed by atoms with Crippen molar-refractivity contribution in [1.82, 2.24) is 15.0 Å². The van der Waals surface area contributed by atoms with E-state index < -0.39 is 0 Å². The number of aromatic nitrogens is 2. The molecule has 0 bridgehead atoms. The Morgan fingerprint density at radius 1 is 1.21 bits per heavy atom. The number of amides is 1. The average Bonchev–Trinajstić information content (AvgIpc) is 3.54. The summed E-state index contributed by atoms with van der Waals surface area (Å²) in [5, 5.41) is 4.06. The van der Waals surface area contributed by atoms with Crippen molar-refractivity contribution in [2.45, 2.75) is 25.2 Å². The van der Waals surface area contributed by atoms with E-state index in [0.717, 1.165) is 29.7 Å². The number of rotatable bonds is 6. The van der Waals surface area contributed by atoms with Gasteiger partial charge in [-0.25, -0.2) is 9.37 Å². The van der Waals surface area contributed by atoms with Crippen LogP contribution < -0.4 is 4.74 Å². The summed E-state index contributed by atoms with van der Waals surface area (Å²) in [7, 11) is 1.61. The Labute approximate surface area is 196 Å². The van der Waals surface area contributed by atoms with Gasteiger partial charge in [-0.15, -0.1) is 0 Å². The molecular formula is C26H24FN3O4. The number of carbonyl (C=O) groups excluding carboxylic acids is 1. The maximum absolute atomic E-state index is 13.5. The fourth-order valence-electron chi connectivity index (χ4n) is 4.23. The summed E-state index contributed by atoms with van der Waals surface area (Å²) in [6, 6.07) is 15.5. The van der Waals surface area contributed by atoms with Gasteiger partial charge in [-0.3, -0.25) is 4.79 Å². The Morgan fingerprint density at radius 3 is 2.85 bits per heavy atom. The van der Waals surface area contributed by atoms with Gasteiger partial charge in [0.1, 0.15) is 23.0 Å². The summed E-state index contributed by atoms with van der Waals surface area (Å²) in [4.78, 5) is 19.3. The first kappa shape index (κ1) is 21.9. The van der Waals surface area contributed by atoms with Crippen molar-refractivity contribution in [2.75, 3.05) is 20.2 Å².